The molecule has 1 aliphatic rings. The molecule has 0 radical (unpaired) electrons. The number of benzene rings is 1. The topological polar surface area (TPSA) is 48.0 Å². The van der Waals surface area contributed by atoms with Crippen molar-refractivity contribution in [2.75, 3.05) is 0 Å². The molecule has 0 atom stereocenters. The lowest BCUT2D eigenvalue weighted by molar-refractivity contribution is 0.393. The molecule has 1 aromatic carbocycles. The second kappa shape index (κ2) is 5.78. The van der Waals surface area contributed by atoms with Crippen molar-refractivity contribution in [2.45, 2.75) is 39.2 Å². The third kappa shape index (κ3) is 2.68. The van der Waals surface area contributed by atoms with Crippen LogP contribution in [0.1, 0.15) is 41.3 Å². The van der Waals surface area contributed by atoms with E-state index >= 15 is 0 Å². The standard InChI is InChI=1S/C20H20N2O2/c1-13-19(14(2)24-21-13)17-10-18(16-8-9-16)20(23)22(12-17)11-15-6-4-3-5-7-15/h3-7,10,12,16H,8-9,11H2,1-2H3. The Bertz CT molecular complexity index is 915. The number of aromatic nitrogens is 2. The van der Waals surface area contributed by atoms with E-state index < -0.39 is 0 Å². The lowest BCUT2D eigenvalue weighted by atomic mass is 10.0. The summed E-state index contributed by atoms with van der Waals surface area (Å²) < 4.78 is 7.14. The highest BCUT2D eigenvalue weighted by Gasteiger charge is 2.28. The molecule has 3 aromatic rings. The van der Waals surface area contributed by atoms with Crippen molar-refractivity contribution in [3.63, 3.8) is 0 Å². The van der Waals surface area contributed by atoms with Crippen LogP contribution in [0.15, 0.2) is 51.9 Å². The summed E-state index contributed by atoms with van der Waals surface area (Å²) in [4.78, 5) is 12.9. The van der Waals surface area contributed by atoms with Crippen LogP contribution in [-0.4, -0.2) is 9.72 Å². The summed E-state index contributed by atoms with van der Waals surface area (Å²) in [5.41, 5.74) is 5.04. The summed E-state index contributed by atoms with van der Waals surface area (Å²) in [6.45, 7) is 4.44. The molecule has 24 heavy (non-hydrogen) atoms. The van der Waals surface area contributed by atoms with Gasteiger partial charge in [-0.3, -0.25) is 4.79 Å². The summed E-state index contributed by atoms with van der Waals surface area (Å²) in [7, 11) is 0. The zero-order valence-electron chi connectivity index (χ0n) is 14.0. The first kappa shape index (κ1) is 14.9. The third-order valence-corrected chi connectivity index (χ3v) is 4.65. The summed E-state index contributed by atoms with van der Waals surface area (Å²) >= 11 is 0. The van der Waals surface area contributed by atoms with Crippen molar-refractivity contribution in [3.8, 4) is 11.1 Å². The lowest BCUT2D eigenvalue weighted by Gasteiger charge is -2.12. The van der Waals surface area contributed by atoms with E-state index in [0.717, 1.165) is 46.5 Å². The summed E-state index contributed by atoms with van der Waals surface area (Å²) in [5, 5.41) is 4.06. The molecule has 2 heterocycles. The molecule has 0 amide bonds. The van der Waals surface area contributed by atoms with Gasteiger partial charge in [-0.05, 0) is 44.2 Å². The van der Waals surface area contributed by atoms with E-state index in [0.29, 0.717) is 12.5 Å². The Kier molecular flexibility index (Phi) is 3.60. The van der Waals surface area contributed by atoms with Crippen LogP contribution in [0.5, 0.6) is 0 Å². The van der Waals surface area contributed by atoms with Gasteiger partial charge in [0.05, 0.1) is 12.2 Å². The van der Waals surface area contributed by atoms with Gasteiger partial charge in [0.2, 0.25) is 0 Å². The van der Waals surface area contributed by atoms with Gasteiger partial charge in [0, 0.05) is 22.9 Å². The van der Waals surface area contributed by atoms with Gasteiger partial charge in [-0.15, -0.1) is 0 Å². The summed E-state index contributed by atoms with van der Waals surface area (Å²) in [5.74, 6) is 1.19. The Morgan fingerprint density at radius 1 is 1.21 bits per heavy atom. The van der Waals surface area contributed by atoms with E-state index in [4.69, 9.17) is 4.52 Å². The van der Waals surface area contributed by atoms with Crippen molar-refractivity contribution in [2.24, 2.45) is 0 Å². The van der Waals surface area contributed by atoms with E-state index in [1.54, 1.807) is 0 Å². The van der Waals surface area contributed by atoms with Crippen molar-refractivity contribution < 1.29 is 4.52 Å². The van der Waals surface area contributed by atoms with Crippen molar-refractivity contribution >= 4 is 0 Å². The van der Waals surface area contributed by atoms with Gasteiger partial charge in [-0.2, -0.15) is 0 Å². The molecule has 4 nitrogen and oxygen atoms in total. The molecule has 4 rings (SSSR count). The van der Waals surface area contributed by atoms with Gasteiger partial charge in [0.15, 0.2) is 0 Å². The van der Waals surface area contributed by atoms with Crippen LogP contribution in [0.3, 0.4) is 0 Å². The van der Waals surface area contributed by atoms with Crippen LogP contribution in [0.2, 0.25) is 0 Å². The molecule has 122 valence electrons. The Hall–Kier alpha value is -2.62. The highest BCUT2D eigenvalue weighted by molar-refractivity contribution is 5.67. The van der Waals surface area contributed by atoms with Crippen molar-refractivity contribution in [1.29, 1.82) is 0 Å². The largest absolute Gasteiger partial charge is 0.361 e. The SMILES string of the molecule is Cc1noc(C)c1-c1cc(C2CC2)c(=O)n(Cc2ccccc2)c1. The first-order valence-electron chi connectivity index (χ1n) is 8.35. The Morgan fingerprint density at radius 2 is 1.96 bits per heavy atom. The Morgan fingerprint density at radius 3 is 2.58 bits per heavy atom. The number of nitrogens with zero attached hydrogens (tertiary/aromatic N) is 2. The highest BCUT2D eigenvalue weighted by Crippen LogP contribution is 2.40. The second-order valence-electron chi connectivity index (χ2n) is 6.58. The molecular weight excluding hydrogens is 300 g/mol. The predicted octanol–water partition coefficient (Wildman–Crippen LogP) is 4.05. The minimum Gasteiger partial charge on any atom is -0.361 e. The van der Waals surface area contributed by atoms with Crippen molar-refractivity contribution in [1.82, 2.24) is 9.72 Å². The van der Waals surface area contributed by atoms with Crippen LogP contribution in [0.25, 0.3) is 11.1 Å². The predicted molar refractivity (Wildman–Crippen MR) is 93.2 cm³/mol. The van der Waals surface area contributed by atoms with Crippen molar-refractivity contribution in [3.05, 3.63) is 75.5 Å². The van der Waals surface area contributed by atoms with Crippen LogP contribution in [0, 0.1) is 13.8 Å². The van der Waals surface area contributed by atoms with Gasteiger partial charge in [-0.25, -0.2) is 0 Å². The van der Waals surface area contributed by atoms with Gasteiger partial charge < -0.3 is 9.09 Å². The monoisotopic (exact) mass is 320 g/mol. The molecule has 0 spiro atoms. The van der Waals surface area contributed by atoms with Crippen LogP contribution in [0.4, 0.5) is 0 Å². The van der Waals surface area contributed by atoms with E-state index in [1.807, 2.05) is 61.0 Å². The molecule has 1 fully saturated rings. The molecule has 1 saturated carbocycles. The number of rotatable bonds is 4. The maximum absolute atomic E-state index is 12.9. The van der Waals surface area contributed by atoms with E-state index in [-0.39, 0.29) is 5.56 Å². The van der Waals surface area contributed by atoms with Crippen LogP contribution < -0.4 is 5.56 Å². The average molecular weight is 320 g/mol. The molecule has 1 aliphatic carbocycles. The minimum absolute atomic E-state index is 0.122. The lowest BCUT2D eigenvalue weighted by Crippen LogP contribution is -2.23. The smallest absolute Gasteiger partial charge is 0.254 e. The molecular formula is C20H20N2O2. The van der Waals surface area contributed by atoms with Gasteiger partial charge in [-0.1, -0.05) is 35.5 Å². The molecule has 0 unspecified atom stereocenters. The molecule has 4 heteroatoms. The fraction of sp³-hybridized carbons (Fsp3) is 0.300. The fourth-order valence-electron chi connectivity index (χ4n) is 3.28. The molecule has 0 saturated heterocycles. The van der Waals surface area contributed by atoms with Gasteiger partial charge in [0.1, 0.15) is 5.76 Å². The normalized spacial score (nSPS) is 14.1. The zero-order valence-corrected chi connectivity index (χ0v) is 14.0. The molecule has 2 aromatic heterocycles. The van der Waals surface area contributed by atoms with Crippen LogP contribution >= 0.6 is 0 Å². The van der Waals surface area contributed by atoms with Gasteiger partial charge >= 0.3 is 0 Å². The van der Waals surface area contributed by atoms with E-state index in [9.17, 15) is 4.79 Å². The average Bonchev–Trinajstić information content (AvgIpc) is 3.36. The number of hydrogen-bond acceptors (Lipinski definition) is 3. The first-order valence-corrected chi connectivity index (χ1v) is 8.35. The molecule has 0 N–H and O–H groups in total. The third-order valence-electron chi connectivity index (χ3n) is 4.65. The minimum atomic E-state index is 0.122. The van der Waals surface area contributed by atoms with E-state index in [1.165, 1.54) is 0 Å². The Balaban J connectivity index is 1.85. The molecule has 0 aliphatic heterocycles. The Labute approximate surface area is 140 Å². The van der Waals surface area contributed by atoms with Crippen LogP contribution in [-0.2, 0) is 6.54 Å². The number of pyridine rings is 1. The second-order valence-corrected chi connectivity index (χ2v) is 6.58. The van der Waals surface area contributed by atoms with E-state index in [2.05, 4.69) is 5.16 Å². The van der Waals surface area contributed by atoms with Gasteiger partial charge in [0.25, 0.3) is 5.56 Å². The summed E-state index contributed by atoms with van der Waals surface area (Å²) in [6.07, 6.45) is 4.14. The zero-order chi connectivity index (χ0) is 16.7. The summed E-state index contributed by atoms with van der Waals surface area (Å²) in [6, 6.07) is 12.1. The maximum Gasteiger partial charge on any atom is 0.254 e. The highest BCUT2D eigenvalue weighted by atomic mass is 16.5. The molecule has 0 bridgehead atoms. The fourth-order valence-corrected chi connectivity index (χ4v) is 3.28. The maximum atomic E-state index is 12.9. The first-order chi connectivity index (χ1) is 11.6. The quantitative estimate of drug-likeness (QED) is 0.729. The number of hydrogen-bond donors (Lipinski definition) is 0. The number of aryl methyl sites for hydroxylation is 2.